The van der Waals surface area contributed by atoms with Gasteiger partial charge < -0.3 is 9.15 Å². The number of esters is 1. The van der Waals surface area contributed by atoms with E-state index in [-0.39, 0.29) is 41.0 Å². The molecule has 0 saturated carbocycles. The van der Waals surface area contributed by atoms with E-state index in [0.29, 0.717) is 22.4 Å². The number of aromatic nitrogens is 2. The molecule has 2 aromatic heterocycles. The van der Waals surface area contributed by atoms with E-state index >= 15 is 0 Å². The number of anilines is 1. The van der Waals surface area contributed by atoms with Gasteiger partial charge in [0, 0.05) is 5.69 Å². The van der Waals surface area contributed by atoms with Crippen molar-refractivity contribution in [2.75, 3.05) is 24.3 Å². The number of fused-ring (bicyclic) bond motifs is 1. The van der Waals surface area contributed by atoms with Gasteiger partial charge in [-0.15, -0.1) is 0 Å². The van der Waals surface area contributed by atoms with Gasteiger partial charge in [0.1, 0.15) is 12.3 Å². The smallest absolute Gasteiger partial charge is 0.337 e. The molecule has 35 heavy (non-hydrogen) atoms. The average Bonchev–Trinajstić information content (AvgIpc) is 3.40. The zero-order valence-corrected chi connectivity index (χ0v) is 19.5. The summed E-state index contributed by atoms with van der Waals surface area (Å²) in [5, 5.41) is 9.80. The van der Waals surface area contributed by atoms with Crippen LogP contribution in [0.15, 0.2) is 81.3 Å². The maximum Gasteiger partial charge on any atom is 0.337 e. The molecule has 0 fully saturated rings. The van der Waals surface area contributed by atoms with E-state index < -0.39 is 5.97 Å². The lowest BCUT2D eigenvalue weighted by atomic mass is 10.1. The topological polar surface area (TPSA) is 118 Å². The van der Waals surface area contributed by atoms with Crippen LogP contribution in [0.2, 0.25) is 0 Å². The molecule has 176 valence electrons. The first-order valence-electron chi connectivity index (χ1n) is 10.5. The second-order valence-electron chi connectivity index (χ2n) is 7.35. The van der Waals surface area contributed by atoms with Crippen LogP contribution in [0.5, 0.6) is 0 Å². The molecule has 0 spiro atoms. The minimum absolute atomic E-state index is 0.0661. The van der Waals surface area contributed by atoms with Gasteiger partial charge >= 0.3 is 5.97 Å². The summed E-state index contributed by atoms with van der Waals surface area (Å²) in [6.45, 7) is 0.000884. The van der Waals surface area contributed by atoms with Gasteiger partial charge in [0.2, 0.25) is 5.91 Å². The predicted octanol–water partition coefficient (Wildman–Crippen LogP) is 3.47. The van der Waals surface area contributed by atoms with E-state index in [1.165, 1.54) is 41.0 Å². The molecule has 0 aliphatic rings. The van der Waals surface area contributed by atoms with E-state index in [1.54, 1.807) is 36.4 Å². The van der Waals surface area contributed by atoms with Crippen molar-refractivity contribution in [2.24, 2.45) is 0 Å². The van der Waals surface area contributed by atoms with Gasteiger partial charge in [-0.25, -0.2) is 9.78 Å². The normalized spacial score (nSPS) is 10.6. The summed E-state index contributed by atoms with van der Waals surface area (Å²) in [6.07, 6.45) is 1.51. The number of para-hydroxylation sites is 1. The second kappa shape index (κ2) is 10.7. The summed E-state index contributed by atoms with van der Waals surface area (Å²) < 4.78 is 11.6. The van der Waals surface area contributed by atoms with Crippen LogP contribution in [0.1, 0.15) is 16.1 Å². The Morgan fingerprint density at radius 3 is 2.66 bits per heavy atom. The highest BCUT2D eigenvalue weighted by Gasteiger charge is 2.19. The first kappa shape index (κ1) is 23.8. The van der Waals surface area contributed by atoms with Crippen molar-refractivity contribution >= 4 is 40.2 Å². The standard InChI is InChI=1S/C25H20N4O5S/c1-33-24(32)17-9-10-20-21(14-17)27-25(29(23(20)31)15-19-8-5-13-34-19)35-16-22(30)28(12-11-26)18-6-3-2-4-7-18/h2-10,13-14H,12,15-16H2,1H3. The molecule has 0 unspecified atom stereocenters. The van der Waals surface area contributed by atoms with Gasteiger partial charge in [-0.1, -0.05) is 30.0 Å². The third-order valence-electron chi connectivity index (χ3n) is 5.16. The van der Waals surface area contributed by atoms with Crippen molar-refractivity contribution in [3.63, 3.8) is 0 Å². The van der Waals surface area contributed by atoms with Gasteiger partial charge in [-0.05, 0) is 42.5 Å². The Balaban J connectivity index is 1.70. The lowest BCUT2D eigenvalue weighted by molar-refractivity contribution is -0.116. The first-order chi connectivity index (χ1) is 17.0. The lowest BCUT2D eigenvalue weighted by Crippen LogP contribution is -2.33. The molecule has 4 aromatic rings. The van der Waals surface area contributed by atoms with Gasteiger partial charge in [-0.3, -0.25) is 19.1 Å². The SMILES string of the molecule is COC(=O)c1ccc2c(=O)n(Cc3ccco3)c(SCC(=O)N(CC#N)c3ccccc3)nc2c1. The molecule has 1 amide bonds. The van der Waals surface area contributed by atoms with Crippen LogP contribution in [0.25, 0.3) is 10.9 Å². The van der Waals surface area contributed by atoms with Crippen molar-refractivity contribution in [2.45, 2.75) is 11.7 Å². The van der Waals surface area contributed by atoms with E-state index in [0.717, 1.165) is 11.8 Å². The number of benzene rings is 2. The summed E-state index contributed by atoms with van der Waals surface area (Å²) in [7, 11) is 1.27. The van der Waals surface area contributed by atoms with Gasteiger partial charge in [0.25, 0.3) is 5.56 Å². The van der Waals surface area contributed by atoms with Crippen molar-refractivity contribution in [1.82, 2.24) is 9.55 Å². The van der Waals surface area contributed by atoms with Crippen LogP contribution in [0, 0.1) is 11.3 Å². The molecule has 2 heterocycles. The summed E-state index contributed by atoms with van der Waals surface area (Å²) in [4.78, 5) is 44.3. The monoisotopic (exact) mass is 488 g/mol. The summed E-state index contributed by atoms with van der Waals surface area (Å²) in [6, 6.07) is 18.9. The highest BCUT2D eigenvalue weighted by Crippen LogP contribution is 2.22. The number of ether oxygens (including phenoxy) is 1. The quantitative estimate of drug-likeness (QED) is 0.160. The third-order valence-corrected chi connectivity index (χ3v) is 6.12. The van der Waals surface area contributed by atoms with Crippen LogP contribution in [0.3, 0.4) is 0 Å². The average molecular weight is 489 g/mol. The Hall–Kier alpha value is -4.36. The number of furan rings is 1. The maximum atomic E-state index is 13.3. The zero-order chi connectivity index (χ0) is 24.8. The van der Waals surface area contributed by atoms with Crippen LogP contribution < -0.4 is 10.5 Å². The number of carbonyl (C=O) groups excluding carboxylic acids is 2. The molecule has 2 aromatic carbocycles. The number of methoxy groups -OCH3 is 1. The van der Waals surface area contributed by atoms with Crippen molar-refractivity contribution in [3.8, 4) is 6.07 Å². The molecule has 0 saturated heterocycles. The summed E-state index contributed by atoms with van der Waals surface area (Å²) >= 11 is 1.07. The first-order valence-corrected chi connectivity index (χ1v) is 11.5. The molecular formula is C25H20N4O5S. The van der Waals surface area contributed by atoms with Crippen molar-refractivity contribution < 1.29 is 18.7 Å². The Labute approximate surface area is 204 Å². The van der Waals surface area contributed by atoms with Crippen LogP contribution in [-0.4, -0.2) is 40.8 Å². The number of hydrogen-bond acceptors (Lipinski definition) is 8. The van der Waals surface area contributed by atoms with Crippen molar-refractivity contribution in [3.05, 3.63) is 88.6 Å². The third kappa shape index (κ3) is 5.26. The predicted molar refractivity (Wildman–Crippen MR) is 130 cm³/mol. The molecule has 9 nitrogen and oxygen atoms in total. The Bertz CT molecular complexity index is 1460. The van der Waals surface area contributed by atoms with Crippen LogP contribution in [-0.2, 0) is 16.1 Å². The largest absolute Gasteiger partial charge is 0.467 e. The Morgan fingerprint density at radius 2 is 1.97 bits per heavy atom. The van der Waals surface area contributed by atoms with E-state index in [9.17, 15) is 19.6 Å². The van der Waals surface area contributed by atoms with Crippen LogP contribution >= 0.6 is 11.8 Å². The highest BCUT2D eigenvalue weighted by molar-refractivity contribution is 7.99. The van der Waals surface area contributed by atoms with E-state index in [2.05, 4.69) is 4.98 Å². The number of nitrogens with zero attached hydrogens (tertiary/aromatic N) is 4. The minimum atomic E-state index is -0.548. The molecule has 0 bridgehead atoms. The van der Waals surface area contributed by atoms with E-state index in [1.807, 2.05) is 12.1 Å². The molecule has 0 radical (unpaired) electrons. The fourth-order valence-electron chi connectivity index (χ4n) is 3.46. The summed E-state index contributed by atoms with van der Waals surface area (Å²) in [5.41, 5.74) is 0.823. The number of carbonyl (C=O) groups is 2. The molecule has 10 heteroatoms. The Morgan fingerprint density at radius 1 is 1.17 bits per heavy atom. The lowest BCUT2D eigenvalue weighted by Gasteiger charge is -2.20. The van der Waals surface area contributed by atoms with Gasteiger partial charge in [-0.2, -0.15) is 5.26 Å². The number of amides is 1. The molecule has 0 N–H and O–H groups in total. The number of hydrogen-bond donors (Lipinski definition) is 0. The number of rotatable bonds is 8. The fraction of sp³-hybridized carbons (Fsp3) is 0.160. The van der Waals surface area contributed by atoms with Gasteiger partial charge in [0.05, 0.1) is 48.2 Å². The molecule has 0 atom stereocenters. The fourth-order valence-corrected chi connectivity index (χ4v) is 4.33. The van der Waals surface area contributed by atoms with Crippen LogP contribution in [0.4, 0.5) is 5.69 Å². The van der Waals surface area contributed by atoms with Crippen molar-refractivity contribution in [1.29, 1.82) is 5.26 Å². The molecular weight excluding hydrogens is 468 g/mol. The molecule has 4 rings (SSSR count). The minimum Gasteiger partial charge on any atom is -0.467 e. The maximum absolute atomic E-state index is 13.3. The number of thioether (sulfide) groups is 1. The second-order valence-corrected chi connectivity index (χ2v) is 8.29. The number of nitriles is 1. The summed E-state index contributed by atoms with van der Waals surface area (Å²) in [5.74, 6) is -0.385. The van der Waals surface area contributed by atoms with Gasteiger partial charge in [0.15, 0.2) is 5.16 Å². The molecule has 0 aliphatic carbocycles. The zero-order valence-electron chi connectivity index (χ0n) is 18.7. The Kier molecular flexibility index (Phi) is 7.28. The van der Waals surface area contributed by atoms with E-state index in [4.69, 9.17) is 9.15 Å². The highest BCUT2D eigenvalue weighted by atomic mass is 32.2. The molecule has 0 aliphatic heterocycles.